The number of rotatable bonds is 3. The SMILES string of the molecule is CNC(=O)C(CN)C1CCCCCC1.Cl. The molecule has 0 radical (unpaired) electrons. The first-order chi connectivity index (χ1) is 6.79. The summed E-state index contributed by atoms with van der Waals surface area (Å²) in [4.78, 5) is 11.6. The molecule has 4 heteroatoms. The van der Waals surface area contributed by atoms with Gasteiger partial charge in [0.05, 0.1) is 5.92 Å². The second kappa shape index (κ2) is 7.94. The van der Waals surface area contributed by atoms with Gasteiger partial charge in [-0.3, -0.25) is 4.79 Å². The van der Waals surface area contributed by atoms with Gasteiger partial charge in [0.25, 0.3) is 0 Å². The van der Waals surface area contributed by atoms with Gasteiger partial charge in [-0.2, -0.15) is 0 Å². The number of carbonyl (C=O) groups excluding carboxylic acids is 1. The van der Waals surface area contributed by atoms with Crippen LogP contribution in [0.1, 0.15) is 38.5 Å². The molecule has 1 saturated carbocycles. The van der Waals surface area contributed by atoms with Gasteiger partial charge >= 0.3 is 0 Å². The lowest BCUT2D eigenvalue weighted by Crippen LogP contribution is -2.37. The van der Waals surface area contributed by atoms with Gasteiger partial charge in [0.1, 0.15) is 0 Å². The van der Waals surface area contributed by atoms with E-state index in [2.05, 4.69) is 5.32 Å². The molecule has 0 aromatic rings. The van der Waals surface area contributed by atoms with Crippen molar-refractivity contribution in [2.45, 2.75) is 38.5 Å². The number of hydrogen-bond acceptors (Lipinski definition) is 2. The van der Waals surface area contributed by atoms with Gasteiger partial charge in [-0.25, -0.2) is 0 Å². The summed E-state index contributed by atoms with van der Waals surface area (Å²) in [6.45, 7) is 0.490. The highest BCUT2D eigenvalue weighted by Gasteiger charge is 2.26. The van der Waals surface area contributed by atoms with E-state index >= 15 is 0 Å². The first kappa shape index (κ1) is 14.7. The minimum absolute atomic E-state index is 0. The highest BCUT2D eigenvalue weighted by molar-refractivity contribution is 5.85. The van der Waals surface area contributed by atoms with Gasteiger partial charge in [0.2, 0.25) is 5.91 Å². The zero-order valence-corrected chi connectivity index (χ0v) is 10.3. The molecule has 1 aliphatic rings. The normalized spacial score (nSPS) is 19.9. The zero-order valence-electron chi connectivity index (χ0n) is 9.50. The Kier molecular flexibility index (Phi) is 7.79. The second-order valence-corrected chi connectivity index (χ2v) is 4.21. The van der Waals surface area contributed by atoms with Gasteiger partial charge in [-0.15, -0.1) is 12.4 Å². The van der Waals surface area contributed by atoms with Crippen LogP contribution >= 0.6 is 12.4 Å². The van der Waals surface area contributed by atoms with E-state index in [1.807, 2.05) is 0 Å². The first-order valence-electron chi connectivity index (χ1n) is 5.71. The van der Waals surface area contributed by atoms with Gasteiger partial charge < -0.3 is 11.1 Å². The van der Waals surface area contributed by atoms with E-state index in [-0.39, 0.29) is 24.2 Å². The monoisotopic (exact) mass is 234 g/mol. The Morgan fingerprint density at radius 3 is 2.27 bits per heavy atom. The standard InChI is InChI=1S/C11H22N2O.ClH/c1-13-11(14)10(8-12)9-6-4-2-3-5-7-9;/h9-10H,2-8,12H2,1H3,(H,13,14);1H. The maximum absolute atomic E-state index is 11.6. The van der Waals surface area contributed by atoms with Gasteiger partial charge in [-0.05, 0) is 18.8 Å². The molecule has 0 heterocycles. The van der Waals surface area contributed by atoms with E-state index in [0.29, 0.717) is 12.5 Å². The van der Waals surface area contributed by atoms with E-state index in [1.54, 1.807) is 7.05 Å². The Balaban J connectivity index is 0.00000196. The predicted octanol–water partition coefficient (Wildman–Crippen LogP) is 1.70. The van der Waals surface area contributed by atoms with Crippen molar-refractivity contribution in [2.24, 2.45) is 17.6 Å². The van der Waals surface area contributed by atoms with E-state index in [1.165, 1.54) is 38.5 Å². The van der Waals surface area contributed by atoms with Crippen molar-refractivity contribution >= 4 is 18.3 Å². The van der Waals surface area contributed by atoms with Crippen molar-refractivity contribution in [1.82, 2.24) is 5.32 Å². The number of hydrogen-bond donors (Lipinski definition) is 2. The van der Waals surface area contributed by atoms with E-state index in [0.717, 1.165) is 0 Å². The van der Waals surface area contributed by atoms with Crippen molar-refractivity contribution in [1.29, 1.82) is 0 Å². The highest BCUT2D eigenvalue weighted by Crippen LogP contribution is 2.28. The summed E-state index contributed by atoms with van der Waals surface area (Å²) in [6, 6.07) is 0. The predicted molar refractivity (Wildman–Crippen MR) is 65.1 cm³/mol. The van der Waals surface area contributed by atoms with Crippen LogP contribution in [0, 0.1) is 11.8 Å². The molecule has 15 heavy (non-hydrogen) atoms. The van der Waals surface area contributed by atoms with Crippen LogP contribution in [-0.2, 0) is 4.79 Å². The van der Waals surface area contributed by atoms with Gasteiger partial charge in [0.15, 0.2) is 0 Å². The third-order valence-electron chi connectivity index (χ3n) is 3.31. The molecular weight excluding hydrogens is 212 g/mol. The largest absolute Gasteiger partial charge is 0.359 e. The Bertz CT molecular complexity index is 179. The van der Waals surface area contributed by atoms with Crippen molar-refractivity contribution in [3.63, 3.8) is 0 Å². The molecule has 3 N–H and O–H groups in total. The Morgan fingerprint density at radius 2 is 1.87 bits per heavy atom. The number of carbonyl (C=O) groups is 1. The van der Waals surface area contributed by atoms with Gasteiger partial charge in [0, 0.05) is 13.6 Å². The second-order valence-electron chi connectivity index (χ2n) is 4.21. The molecule has 0 aliphatic heterocycles. The molecule has 1 atom stereocenters. The Hall–Kier alpha value is -0.280. The molecule has 0 aromatic carbocycles. The lowest BCUT2D eigenvalue weighted by molar-refractivity contribution is -0.126. The minimum Gasteiger partial charge on any atom is -0.359 e. The van der Waals surface area contributed by atoms with Crippen molar-refractivity contribution in [3.05, 3.63) is 0 Å². The average Bonchev–Trinajstić information content (AvgIpc) is 2.47. The fourth-order valence-electron chi connectivity index (χ4n) is 2.41. The topological polar surface area (TPSA) is 55.1 Å². The summed E-state index contributed by atoms with van der Waals surface area (Å²) in [7, 11) is 1.70. The smallest absolute Gasteiger partial charge is 0.224 e. The zero-order chi connectivity index (χ0) is 10.4. The van der Waals surface area contributed by atoms with Gasteiger partial charge in [-0.1, -0.05) is 25.7 Å². The van der Waals surface area contributed by atoms with E-state index in [9.17, 15) is 4.79 Å². The van der Waals surface area contributed by atoms with Crippen molar-refractivity contribution in [2.75, 3.05) is 13.6 Å². The third-order valence-corrected chi connectivity index (χ3v) is 3.31. The van der Waals surface area contributed by atoms with E-state index < -0.39 is 0 Å². The molecule has 1 fully saturated rings. The Morgan fingerprint density at radius 1 is 1.33 bits per heavy atom. The van der Waals surface area contributed by atoms with Crippen LogP contribution in [-0.4, -0.2) is 19.5 Å². The highest BCUT2D eigenvalue weighted by atomic mass is 35.5. The lowest BCUT2D eigenvalue weighted by atomic mass is 9.85. The maximum Gasteiger partial charge on any atom is 0.224 e. The molecule has 0 saturated heterocycles. The molecule has 0 spiro atoms. The summed E-state index contributed by atoms with van der Waals surface area (Å²) >= 11 is 0. The molecular formula is C11H23ClN2O. The number of halogens is 1. The molecule has 1 aliphatic carbocycles. The molecule has 90 valence electrons. The fourth-order valence-corrected chi connectivity index (χ4v) is 2.41. The van der Waals surface area contributed by atoms with Crippen LogP contribution in [0.4, 0.5) is 0 Å². The van der Waals surface area contributed by atoms with E-state index in [4.69, 9.17) is 5.73 Å². The molecule has 3 nitrogen and oxygen atoms in total. The number of nitrogens with two attached hydrogens (primary N) is 1. The van der Waals surface area contributed by atoms with Crippen LogP contribution in [0.3, 0.4) is 0 Å². The minimum atomic E-state index is 0. The van der Waals surface area contributed by atoms with Crippen LogP contribution in [0.5, 0.6) is 0 Å². The molecule has 0 bridgehead atoms. The summed E-state index contributed by atoms with van der Waals surface area (Å²) in [6.07, 6.45) is 7.52. The Labute approximate surface area is 98.6 Å². The van der Waals surface area contributed by atoms with Crippen LogP contribution in [0.25, 0.3) is 0 Å². The molecule has 0 aromatic heterocycles. The molecule has 1 unspecified atom stereocenters. The van der Waals surface area contributed by atoms with Crippen LogP contribution in [0.2, 0.25) is 0 Å². The van der Waals surface area contributed by atoms with Crippen LogP contribution < -0.4 is 11.1 Å². The molecule has 1 rings (SSSR count). The number of nitrogens with one attached hydrogen (secondary N) is 1. The maximum atomic E-state index is 11.6. The average molecular weight is 235 g/mol. The quantitative estimate of drug-likeness (QED) is 0.731. The third kappa shape index (κ3) is 4.39. The van der Waals surface area contributed by atoms with Crippen molar-refractivity contribution in [3.8, 4) is 0 Å². The lowest BCUT2D eigenvalue weighted by Gasteiger charge is -2.23. The fraction of sp³-hybridized carbons (Fsp3) is 0.909. The van der Waals surface area contributed by atoms with Crippen molar-refractivity contribution < 1.29 is 4.79 Å². The summed E-state index contributed by atoms with van der Waals surface area (Å²) < 4.78 is 0. The summed E-state index contributed by atoms with van der Waals surface area (Å²) in [5, 5.41) is 2.71. The summed E-state index contributed by atoms with van der Waals surface area (Å²) in [5.41, 5.74) is 5.67. The first-order valence-corrected chi connectivity index (χ1v) is 5.71. The van der Waals surface area contributed by atoms with Crippen LogP contribution in [0.15, 0.2) is 0 Å². The summed E-state index contributed by atoms with van der Waals surface area (Å²) in [5.74, 6) is 0.681. The molecule has 1 amide bonds. The number of amides is 1.